The predicted molar refractivity (Wildman–Crippen MR) is 58.6 cm³/mol. The fraction of sp³-hybridized carbons (Fsp3) is 0.727. The van der Waals surface area contributed by atoms with Gasteiger partial charge in [-0.3, -0.25) is 14.9 Å². The Morgan fingerprint density at radius 3 is 2.53 bits per heavy atom. The molecule has 0 saturated carbocycles. The number of nitrogens with one attached hydrogen (secondary N) is 1. The molecule has 1 rings (SSSR count). The van der Waals surface area contributed by atoms with Crippen LogP contribution in [0.15, 0.2) is 0 Å². The van der Waals surface area contributed by atoms with E-state index in [1.807, 2.05) is 0 Å². The van der Waals surface area contributed by atoms with Crippen LogP contribution >= 0.6 is 0 Å². The molecular formula is C11H18NO5. The van der Waals surface area contributed by atoms with Gasteiger partial charge in [-0.15, -0.1) is 0 Å². The number of rotatable bonds is 7. The van der Waals surface area contributed by atoms with Gasteiger partial charge >= 0.3 is 0 Å². The molecule has 2 amide bonds. The largest absolute Gasteiger partial charge is 0.394 e. The van der Waals surface area contributed by atoms with Crippen LogP contribution in [0, 0.1) is 12.0 Å². The second-order valence-corrected chi connectivity index (χ2v) is 3.87. The Labute approximate surface area is 100 Å². The molecule has 0 aromatic carbocycles. The topological polar surface area (TPSA) is 84.9 Å². The normalized spacial score (nSPS) is 17.6. The first-order chi connectivity index (χ1) is 8.13. The van der Waals surface area contributed by atoms with Crippen LogP contribution in [-0.4, -0.2) is 43.3 Å². The van der Waals surface area contributed by atoms with Gasteiger partial charge in [0.15, 0.2) is 0 Å². The second-order valence-electron chi connectivity index (χ2n) is 3.87. The zero-order valence-corrected chi connectivity index (χ0v) is 9.90. The van der Waals surface area contributed by atoms with Crippen molar-refractivity contribution >= 4 is 11.8 Å². The highest BCUT2D eigenvalue weighted by Gasteiger charge is 2.30. The first-order valence-corrected chi connectivity index (χ1v) is 5.61. The lowest BCUT2D eigenvalue weighted by Crippen LogP contribution is -2.40. The SMILES string of the molecule is C[C](OCCOCCO)C1CC(=O)NC(=O)C1. The van der Waals surface area contributed by atoms with Gasteiger partial charge in [0.1, 0.15) is 0 Å². The van der Waals surface area contributed by atoms with Crippen LogP contribution in [0.5, 0.6) is 0 Å². The molecule has 0 aromatic heterocycles. The summed E-state index contributed by atoms with van der Waals surface area (Å²) in [6.07, 6.45) is 1.25. The Kier molecular flexibility index (Phi) is 6.10. The fourth-order valence-electron chi connectivity index (χ4n) is 1.61. The first-order valence-electron chi connectivity index (χ1n) is 5.61. The van der Waals surface area contributed by atoms with E-state index in [-0.39, 0.29) is 43.8 Å². The number of ether oxygens (including phenoxy) is 2. The highest BCUT2D eigenvalue weighted by molar-refractivity contribution is 5.97. The number of hydrogen-bond acceptors (Lipinski definition) is 5. The minimum atomic E-state index is -0.259. The highest BCUT2D eigenvalue weighted by Crippen LogP contribution is 2.25. The maximum atomic E-state index is 11.2. The molecule has 0 bridgehead atoms. The maximum Gasteiger partial charge on any atom is 0.226 e. The average Bonchev–Trinajstić information content (AvgIpc) is 2.27. The summed E-state index contributed by atoms with van der Waals surface area (Å²) < 4.78 is 10.4. The van der Waals surface area contributed by atoms with Crippen LogP contribution in [0.3, 0.4) is 0 Å². The van der Waals surface area contributed by atoms with E-state index < -0.39 is 0 Å². The summed E-state index contributed by atoms with van der Waals surface area (Å²) in [5, 5.41) is 10.7. The van der Waals surface area contributed by atoms with Crippen molar-refractivity contribution < 1.29 is 24.2 Å². The van der Waals surface area contributed by atoms with Crippen molar-refractivity contribution in [3.05, 3.63) is 6.10 Å². The van der Waals surface area contributed by atoms with Gasteiger partial charge in [-0.1, -0.05) is 0 Å². The van der Waals surface area contributed by atoms with Gasteiger partial charge in [0.25, 0.3) is 0 Å². The van der Waals surface area contributed by atoms with Crippen LogP contribution in [0.1, 0.15) is 19.8 Å². The predicted octanol–water partition coefficient (Wildman–Crippen LogP) is -0.383. The van der Waals surface area contributed by atoms with E-state index in [1.165, 1.54) is 0 Å². The van der Waals surface area contributed by atoms with Gasteiger partial charge in [0.05, 0.1) is 32.5 Å². The smallest absolute Gasteiger partial charge is 0.226 e. The van der Waals surface area contributed by atoms with E-state index in [9.17, 15) is 9.59 Å². The third-order valence-electron chi connectivity index (χ3n) is 2.51. The maximum absolute atomic E-state index is 11.2. The van der Waals surface area contributed by atoms with Gasteiger partial charge < -0.3 is 14.6 Å². The summed E-state index contributed by atoms with van der Waals surface area (Å²) in [5.74, 6) is -0.662. The highest BCUT2D eigenvalue weighted by atomic mass is 16.5. The Morgan fingerprint density at radius 2 is 1.94 bits per heavy atom. The van der Waals surface area contributed by atoms with Gasteiger partial charge in [0, 0.05) is 18.8 Å². The zero-order chi connectivity index (χ0) is 12.7. The lowest BCUT2D eigenvalue weighted by Gasteiger charge is -2.25. The Hall–Kier alpha value is -0.980. The molecule has 0 unspecified atom stereocenters. The van der Waals surface area contributed by atoms with E-state index in [0.717, 1.165) is 0 Å². The first kappa shape index (κ1) is 14.1. The molecule has 0 aliphatic carbocycles. The van der Waals surface area contributed by atoms with Crippen molar-refractivity contribution in [2.24, 2.45) is 5.92 Å². The van der Waals surface area contributed by atoms with Crippen molar-refractivity contribution in [2.75, 3.05) is 26.4 Å². The summed E-state index contributed by atoms with van der Waals surface area (Å²) in [4.78, 5) is 22.3. The van der Waals surface area contributed by atoms with Crippen LogP contribution < -0.4 is 5.32 Å². The molecular weight excluding hydrogens is 226 g/mol. The summed E-state index contributed by atoms with van der Waals surface area (Å²) >= 11 is 0. The molecule has 6 heteroatoms. The Balaban J connectivity index is 2.20. The van der Waals surface area contributed by atoms with Crippen LogP contribution in [0.25, 0.3) is 0 Å². The van der Waals surface area contributed by atoms with Gasteiger partial charge in [-0.05, 0) is 6.92 Å². The van der Waals surface area contributed by atoms with Gasteiger partial charge in [0.2, 0.25) is 11.8 Å². The number of amides is 2. The quantitative estimate of drug-likeness (QED) is 0.471. The van der Waals surface area contributed by atoms with Crippen LogP contribution in [0.2, 0.25) is 0 Å². The lowest BCUT2D eigenvalue weighted by molar-refractivity contribution is -0.135. The zero-order valence-electron chi connectivity index (χ0n) is 9.90. The molecule has 1 radical (unpaired) electrons. The standard InChI is InChI=1S/C11H18NO5/c1-8(17-5-4-16-3-2-13)9-6-10(14)12-11(15)7-9/h9,13H,2-7H2,1H3,(H,12,14,15). The average molecular weight is 244 g/mol. The summed E-state index contributed by atoms with van der Waals surface area (Å²) in [7, 11) is 0. The minimum Gasteiger partial charge on any atom is -0.394 e. The molecule has 1 heterocycles. The number of carbonyl (C=O) groups is 2. The number of imide groups is 1. The molecule has 17 heavy (non-hydrogen) atoms. The molecule has 97 valence electrons. The molecule has 1 aliphatic heterocycles. The number of carbonyl (C=O) groups excluding carboxylic acids is 2. The van der Waals surface area contributed by atoms with E-state index in [0.29, 0.717) is 19.3 Å². The van der Waals surface area contributed by atoms with Gasteiger partial charge in [-0.25, -0.2) is 0 Å². The third kappa shape index (κ3) is 5.25. The van der Waals surface area contributed by atoms with Gasteiger partial charge in [-0.2, -0.15) is 0 Å². The van der Waals surface area contributed by atoms with E-state index in [1.54, 1.807) is 6.92 Å². The molecule has 0 spiro atoms. The van der Waals surface area contributed by atoms with Crippen molar-refractivity contribution in [2.45, 2.75) is 19.8 Å². The molecule has 1 saturated heterocycles. The van der Waals surface area contributed by atoms with Crippen LogP contribution in [0.4, 0.5) is 0 Å². The molecule has 0 aromatic rings. The van der Waals surface area contributed by atoms with E-state index >= 15 is 0 Å². The molecule has 2 N–H and O–H groups in total. The second kappa shape index (κ2) is 7.37. The van der Waals surface area contributed by atoms with E-state index in [4.69, 9.17) is 14.6 Å². The number of aliphatic hydroxyl groups excluding tert-OH is 1. The monoisotopic (exact) mass is 244 g/mol. The lowest BCUT2D eigenvalue weighted by atomic mass is 9.92. The van der Waals surface area contributed by atoms with Crippen molar-refractivity contribution in [3.8, 4) is 0 Å². The van der Waals surface area contributed by atoms with Crippen molar-refractivity contribution in [3.63, 3.8) is 0 Å². The molecule has 0 atom stereocenters. The van der Waals surface area contributed by atoms with Crippen molar-refractivity contribution in [1.82, 2.24) is 5.32 Å². The number of hydrogen-bond donors (Lipinski definition) is 2. The third-order valence-corrected chi connectivity index (χ3v) is 2.51. The summed E-state index contributed by atoms with van der Waals surface area (Å²) in [6, 6.07) is 0. The molecule has 1 fully saturated rings. The summed E-state index contributed by atoms with van der Waals surface area (Å²) in [6.45, 7) is 2.78. The van der Waals surface area contributed by atoms with Crippen molar-refractivity contribution in [1.29, 1.82) is 0 Å². The summed E-state index contributed by atoms with van der Waals surface area (Å²) in [5.41, 5.74) is 0. The minimum absolute atomic E-state index is 0.0139. The molecule has 1 aliphatic rings. The van der Waals surface area contributed by atoms with E-state index in [2.05, 4.69) is 5.32 Å². The Bertz CT molecular complexity index is 253. The number of aliphatic hydroxyl groups is 1. The number of piperidine rings is 1. The Morgan fingerprint density at radius 1 is 1.29 bits per heavy atom. The fourth-order valence-corrected chi connectivity index (χ4v) is 1.61. The molecule has 6 nitrogen and oxygen atoms in total. The van der Waals surface area contributed by atoms with Crippen LogP contribution in [-0.2, 0) is 19.1 Å².